The summed E-state index contributed by atoms with van der Waals surface area (Å²) in [6.07, 6.45) is -1.42. The van der Waals surface area contributed by atoms with Crippen molar-refractivity contribution in [2.75, 3.05) is 31.2 Å². The monoisotopic (exact) mass is 394 g/mol. The highest BCUT2D eigenvalue weighted by Crippen LogP contribution is 2.46. The maximum Gasteiger partial charge on any atom is 0.452 e. The van der Waals surface area contributed by atoms with Crippen molar-refractivity contribution in [1.29, 1.82) is 0 Å². The molecule has 0 aromatic carbocycles. The van der Waals surface area contributed by atoms with E-state index in [1.54, 1.807) is 39.5 Å². The van der Waals surface area contributed by atoms with Gasteiger partial charge < -0.3 is 15.1 Å². The van der Waals surface area contributed by atoms with E-state index in [0.717, 1.165) is 0 Å². The molecule has 1 aromatic rings. The highest BCUT2D eigenvalue weighted by atomic mass is 31.2. The molecule has 2 unspecified atom stereocenters. The Morgan fingerprint density at radius 1 is 1.00 bits per heavy atom. The molecule has 0 fully saturated rings. The lowest BCUT2D eigenvalue weighted by Gasteiger charge is -2.26. The van der Waals surface area contributed by atoms with E-state index in [2.05, 4.69) is 15.0 Å². The molecule has 0 amide bonds. The van der Waals surface area contributed by atoms with Crippen LogP contribution >= 0.6 is 7.60 Å². The molecular weight excluding hydrogens is 367 g/mol. The minimum Gasteiger partial charge on any atom is -0.392 e. The smallest absolute Gasteiger partial charge is 0.392 e. The predicted octanol–water partition coefficient (Wildman–Crippen LogP) is 0.503. The Balaban J connectivity index is 3.27. The van der Waals surface area contributed by atoms with E-state index in [9.17, 15) is 14.8 Å². The summed E-state index contributed by atoms with van der Waals surface area (Å²) in [5.41, 5.74) is -0.303. The topological polar surface area (TPSA) is 136 Å². The molecule has 1 rings (SSSR count). The van der Waals surface area contributed by atoms with Crippen molar-refractivity contribution in [3.63, 3.8) is 0 Å². The fourth-order valence-corrected chi connectivity index (χ4v) is 3.04. The van der Waals surface area contributed by atoms with Gasteiger partial charge in [0.15, 0.2) is 0 Å². The van der Waals surface area contributed by atoms with Gasteiger partial charge in [0.25, 0.3) is 5.57 Å². The van der Waals surface area contributed by atoms with Crippen molar-refractivity contribution < 1.29 is 33.9 Å². The van der Waals surface area contributed by atoms with Crippen LogP contribution in [0.2, 0.25) is 0 Å². The first kappa shape index (κ1) is 22.8. The number of hydrogen-bond donors (Lipinski definition) is 2. The van der Waals surface area contributed by atoms with E-state index in [1.807, 2.05) is 0 Å². The van der Waals surface area contributed by atoms with E-state index in [1.165, 1.54) is 0 Å². The van der Waals surface area contributed by atoms with Gasteiger partial charge in [0.1, 0.15) is 5.82 Å². The molecule has 0 saturated heterocycles. The Labute approximate surface area is 152 Å². The maximum absolute atomic E-state index is 12.9. The van der Waals surface area contributed by atoms with Crippen molar-refractivity contribution in [3.8, 4) is 0 Å². The molecule has 0 radical (unpaired) electrons. The molecule has 0 aliphatic carbocycles. The molecule has 0 aliphatic rings. The quantitative estimate of drug-likeness (QED) is 0.291. The van der Waals surface area contributed by atoms with Crippen molar-refractivity contribution in [3.05, 3.63) is 5.82 Å². The normalized spacial score (nSPS) is 14.3. The Bertz CT molecular complexity index is 581. The van der Waals surface area contributed by atoms with Crippen molar-refractivity contribution >= 4 is 19.1 Å². The molecule has 0 saturated carbocycles. The fraction of sp³-hybridized carbons (Fsp3) is 0.786. The first-order valence-corrected chi connectivity index (χ1v) is 9.82. The molecule has 0 bridgehead atoms. The lowest BCUT2D eigenvalue weighted by Crippen LogP contribution is -2.39. The minimum absolute atomic E-state index is 0.106. The Morgan fingerprint density at radius 3 is 1.92 bits per heavy atom. The van der Waals surface area contributed by atoms with Crippen LogP contribution in [-0.2, 0) is 23.7 Å². The number of rotatable bonds is 12. The van der Waals surface area contributed by atoms with Gasteiger partial charge in [-0.1, -0.05) is 0 Å². The fourth-order valence-electron chi connectivity index (χ4n) is 1.92. The van der Waals surface area contributed by atoms with Gasteiger partial charge in [-0.2, -0.15) is 9.97 Å². The Hall–Kier alpha value is -1.20. The van der Waals surface area contributed by atoms with E-state index in [0.29, 0.717) is 0 Å². The highest BCUT2D eigenvalue weighted by Gasteiger charge is 2.36. The molecular formula is C14H27N4O7P. The number of aryl methyl sites for hydroxylation is 1. The average Bonchev–Trinajstić information content (AvgIpc) is 2.56. The molecule has 0 spiro atoms. The molecule has 0 aliphatic heterocycles. The number of hydrogen-bond acceptors (Lipinski definition) is 11. The third kappa shape index (κ3) is 7.20. The summed E-state index contributed by atoms with van der Waals surface area (Å²) < 4.78 is 22.7. The summed E-state index contributed by atoms with van der Waals surface area (Å²) in [5.74, 6) is 0.348. The minimum atomic E-state index is -4.13. The van der Waals surface area contributed by atoms with Crippen molar-refractivity contribution in [2.45, 2.75) is 46.8 Å². The van der Waals surface area contributed by atoms with Gasteiger partial charge in [-0.05, 0) is 34.6 Å². The third-order valence-electron chi connectivity index (χ3n) is 2.76. The number of aromatic nitrogens is 3. The molecule has 26 heavy (non-hydrogen) atoms. The average molecular weight is 394 g/mol. The van der Waals surface area contributed by atoms with E-state index >= 15 is 0 Å². The number of aliphatic hydroxyl groups excluding tert-OH is 2. The zero-order valence-corrected chi connectivity index (χ0v) is 16.5. The van der Waals surface area contributed by atoms with Gasteiger partial charge in [-0.25, -0.2) is 19.3 Å². The first-order valence-electron chi connectivity index (χ1n) is 8.28. The second kappa shape index (κ2) is 10.8. The molecule has 1 heterocycles. The van der Waals surface area contributed by atoms with Gasteiger partial charge >= 0.3 is 7.60 Å². The van der Waals surface area contributed by atoms with Crippen molar-refractivity contribution in [1.82, 2.24) is 15.0 Å². The van der Waals surface area contributed by atoms with Crippen LogP contribution in [-0.4, -0.2) is 63.7 Å². The SMILES string of the molecule is CCOOP(=O)(OOCC)c1nc(C)nc(N(CC(C)O)CC(C)O)n1. The third-order valence-corrected chi connectivity index (χ3v) is 4.05. The number of aliphatic hydroxyl groups is 2. The Kier molecular flexibility index (Phi) is 9.51. The lowest BCUT2D eigenvalue weighted by molar-refractivity contribution is -0.260. The van der Waals surface area contributed by atoms with Crippen LogP contribution < -0.4 is 10.5 Å². The standard InChI is InChI=1S/C14H27N4O7P/c1-6-22-24-26(21,25-23-7-2)14-16-12(5)15-13(17-14)18(8-10(3)19)9-11(4)20/h10-11,19-20H,6-9H2,1-5H3. The maximum atomic E-state index is 12.9. The summed E-state index contributed by atoms with van der Waals surface area (Å²) in [5, 5.41) is 19.4. The van der Waals surface area contributed by atoms with Crippen LogP contribution in [0.5, 0.6) is 0 Å². The molecule has 11 nitrogen and oxygen atoms in total. The van der Waals surface area contributed by atoms with Gasteiger partial charge in [-0.15, -0.1) is 9.35 Å². The van der Waals surface area contributed by atoms with Gasteiger partial charge in [0, 0.05) is 13.1 Å². The van der Waals surface area contributed by atoms with Crippen LogP contribution in [0, 0.1) is 6.92 Å². The number of nitrogens with zero attached hydrogens (tertiary/aromatic N) is 4. The van der Waals surface area contributed by atoms with Gasteiger partial charge in [-0.3, -0.25) is 0 Å². The molecule has 2 N–H and O–H groups in total. The second-order valence-electron chi connectivity index (χ2n) is 5.55. The second-order valence-corrected chi connectivity index (χ2v) is 7.24. The largest absolute Gasteiger partial charge is 0.452 e. The lowest BCUT2D eigenvalue weighted by atomic mass is 10.3. The molecule has 150 valence electrons. The highest BCUT2D eigenvalue weighted by molar-refractivity contribution is 7.61. The van der Waals surface area contributed by atoms with E-state index in [4.69, 9.17) is 19.1 Å². The summed E-state index contributed by atoms with van der Waals surface area (Å²) in [7, 11) is -4.13. The first-order chi connectivity index (χ1) is 12.2. The molecule has 2 atom stereocenters. The van der Waals surface area contributed by atoms with E-state index in [-0.39, 0.29) is 43.6 Å². The summed E-state index contributed by atoms with van der Waals surface area (Å²) >= 11 is 0. The molecule has 1 aromatic heterocycles. The van der Waals surface area contributed by atoms with Crippen LogP contribution in [0.15, 0.2) is 0 Å². The van der Waals surface area contributed by atoms with Crippen LogP contribution in [0.25, 0.3) is 0 Å². The van der Waals surface area contributed by atoms with Gasteiger partial charge in [0.05, 0.1) is 25.4 Å². The number of anilines is 1. The van der Waals surface area contributed by atoms with Crippen LogP contribution in [0.3, 0.4) is 0 Å². The van der Waals surface area contributed by atoms with Crippen molar-refractivity contribution in [2.24, 2.45) is 0 Å². The van der Waals surface area contributed by atoms with Crippen LogP contribution in [0.4, 0.5) is 5.95 Å². The van der Waals surface area contributed by atoms with Gasteiger partial charge in [0.2, 0.25) is 5.95 Å². The zero-order chi connectivity index (χ0) is 19.7. The Morgan fingerprint density at radius 2 is 1.50 bits per heavy atom. The summed E-state index contributed by atoms with van der Waals surface area (Å²) in [6.45, 7) is 8.57. The summed E-state index contributed by atoms with van der Waals surface area (Å²) in [6, 6.07) is 0. The van der Waals surface area contributed by atoms with Crippen LogP contribution in [0.1, 0.15) is 33.5 Å². The predicted molar refractivity (Wildman–Crippen MR) is 92.8 cm³/mol. The summed E-state index contributed by atoms with van der Waals surface area (Å²) in [4.78, 5) is 23.4. The van der Waals surface area contributed by atoms with E-state index < -0.39 is 19.8 Å². The molecule has 12 heteroatoms. The zero-order valence-electron chi connectivity index (χ0n) is 15.7.